The van der Waals surface area contributed by atoms with Gasteiger partial charge in [0, 0.05) is 173 Å². The van der Waals surface area contributed by atoms with Crippen LogP contribution in [0.3, 0.4) is 0 Å². The van der Waals surface area contributed by atoms with Crippen molar-refractivity contribution in [3.05, 3.63) is 68.7 Å². The number of carbonyl (C=O) groups is 20. The fourth-order valence-corrected chi connectivity index (χ4v) is 20.4. The lowest BCUT2D eigenvalue weighted by Crippen LogP contribution is -2.61. The first-order valence-electron chi connectivity index (χ1n) is 47.8. The van der Waals surface area contributed by atoms with Gasteiger partial charge in [0.05, 0.1) is 87.4 Å². The van der Waals surface area contributed by atoms with Crippen molar-refractivity contribution in [3.63, 3.8) is 0 Å². The number of hydrogen-bond donors (Lipinski definition) is 21. The van der Waals surface area contributed by atoms with Gasteiger partial charge < -0.3 is 119 Å². The molecule has 0 aliphatic carbocycles. The quantitative estimate of drug-likeness (QED) is 0.0197. The van der Waals surface area contributed by atoms with Crippen molar-refractivity contribution in [1.82, 2.24) is 78.3 Å². The molecule has 0 radical (unpaired) electrons. The van der Waals surface area contributed by atoms with E-state index in [1.165, 1.54) is 62.3 Å². The molecular weight excluding hydrogens is 1960 g/mol. The van der Waals surface area contributed by atoms with E-state index in [-0.39, 0.29) is 148 Å². The van der Waals surface area contributed by atoms with Crippen LogP contribution in [0.2, 0.25) is 0 Å². The minimum Gasteiger partial charge on any atom is -0.393 e. The summed E-state index contributed by atoms with van der Waals surface area (Å²) in [6.07, 6.45) is -8.76. The SMILES string of the molecule is C/C(C(=O)NCCC(=O)CCCCC(=O)Cc1ccc2[nH]c3c(c2c1)C[C@@H]1CC(=O)[C@H](C)NC(=O)[C@@H]2C[C@@H](O)CN2C(=O)[C@@H](CS3)NC(=O)[C@@H](C(C)O)NC(=O)[C@H](C)NC(=O)[C@H](C[C@@](C)(O)CO)NC1=O)=C(\Br)C(=O)NCCC(=O)CCCCC(=O)Cc1ccc2[nH]c3c(c2c1)C[C@@H]1CC(=O)[C@H](C)NC(=O)[C@@H]2C[C@@H](O)CN2C(=O)[C@@H](CS3)NC(=O)[C@@H](C(C)O)CC(=O)[C@H](C)NC(=O)[C@H](C[C@@](C)(O)CO)NC1=O. The second kappa shape index (κ2) is 50.4. The smallest absolute Gasteiger partial charge is 0.258 e. The summed E-state index contributed by atoms with van der Waals surface area (Å²) in [5, 5.41) is 116. The molecule has 8 heterocycles. The Kier molecular flexibility index (Phi) is 40.1. The van der Waals surface area contributed by atoms with Gasteiger partial charge in [-0.05, 0) is 163 Å². The molecule has 776 valence electrons. The average molecular weight is 2090 g/mol. The van der Waals surface area contributed by atoms with E-state index < -0.39 is 259 Å². The number of H-pyrrole nitrogens is 2. The Bertz CT molecular complexity index is 5190. The summed E-state index contributed by atoms with van der Waals surface area (Å²) in [5.74, 6) is -19.4. The number of thioether (sulfide) groups is 2. The van der Waals surface area contributed by atoms with Crippen LogP contribution in [0.5, 0.6) is 0 Å². The summed E-state index contributed by atoms with van der Waals surface area (Å²) in [6, 6.07) is -6.24. The number of nitrogens with zero attached hydrogens (tertiary/aromatic N) is 2. The maximum absolute atomic E-state index is 15.0. The van der Waals surface area contributed by atoms with Crippen LogP contribution in [0, 0.1) is 17.8 Å². The highest BCUT2D eigenvalue weighted by Crippen LogP contribution is 2.39. The third-order valence-electron chi connectivity index (χ3n) is 26.4. The number of aromatic nitrogens is 2. The number of halogens is 1. The Morgan fingerprint density at radius 2 is 0.852 bits per heavy atom. The number of aromatic amines is 2. The summed E-state index contributed by atoms with van der Waals surface area (Å²) in [4.78, 5) is 290. The van der Waals surface area contributed by atoms with Crippen LogP contribution in [-0.2, 0) is 122 Å². The molecule has 2 saturated heterocycles. The molecular formula is C96H130BrN15O28S2. The lowest BCUT2D eigenvalue weighted by molar-refractivity contribution is -0.143. The summed E-state index contributed by atoms with van der Waals surface area (Å²) in [6.45, 7) is 8.76. The van der Waals surface area contributed by atoms with Gasteiger partial charge in [-0.2, -0.15) is 0 Å². The van der Waals surface area contributed by atoms with Crippen LogP contribution in [0.25, 0.3) is 21.8 Å². The molecule has 2 aromatic heterocycles. The normalized spacial score (nSPS) is 26.8. The van der Waals surface area contributed by atoms with E-state index in [4.69, 9.17) is 0 Å². The lowest BCUT2D eigenvalue weighted by Gasteiger charge is -2.31. The molecule has 13 amide bonds. The van der Waals surface area contributed by atoms with E-state index in [1.54, 1.807) is 36.4 Å². The van der Waals surface area contributed by atoms with Gasteiger partial charge in [-0.1, -0.05) is 12.1 Å². The molecule has 4 aromatic rings. The Hall–Kier alpha value is -11.1. The van der Waals surface area contributed by atoms with E-state index in [0.717, 1.165) is 33.3 Å². The Morgan fingerprint density at radius 3 is 1.26 bits per heavy atom. The molecule has 43 nitrogen and oxygen atoms in total. The van der Waals surface area contributed by atoms with Gasteiger partial charge in [0.25, 0.3) is 5.91 Å². The van der Waals surface area contributed by atoms with E-state index in [0.29, 0.717) is 79.8 Å². The van der Waals surface area contributed by atoms with E-state index in [9.17, 15) is 137 Å². The van der Waals surface area contributed by atoms with Gasteiger partial charge in [0.2, 0.25) is 70.9 Å². The molecule has 21 N–H and O–H groups in total. The number of carbonyl (C=O) groups excluding carboxylic acids is 20. The zero-order valence-electron chi connectivity index (χ0n) is 80.7. The second-order valence-electron chi connectivity index (χ2n) is 38.7. The number of aliphatic hydroxyl groups is 8. The number of aliphatic hydroxyl groups excluding tert-OH is 6. The number of nitrogens with one attached hydrogen (secondary N) is 13. The summed E-state index contributed by atoms with van der Waals surface area (Å²) >= 11 is 5.17. The van der Waals surface area contributed by atoms with Crippen LogP contribution in [0.1, 0.15) is 194 Å². The number of rotatable bonds is 30. The van der Waals surface area contributed by atoms with Crippen LogP contribution < -0.4 is 58.5 Å². The largest absolute Gasteiger partial charge is 0.393 e. The summed E-state index contributed by atoms with van der Waals surface area (Å²) in [5.41, 5.74) is -1.35. The van der Waals surface area contributed by atoms with Crippen molar-refractivity contribution in [2.24, 2.45) is 17.8 Å². The number of ketones is 7. The van der Waals surface area contributed by atoms with Crippen molar-refractivity contribution in [1.29, 1.82) is 0 Å². The summed E-state index contributed by atoms with van der Waals surface area (Å²) < 4.78 is -0.138. The molecule has 6 aliphatic heterocycles. The fourth-order valence-electron chi connectivity index (χ4n) is 17.9. The molecule has 2 unspecified atom stereocenters. The van der Waals surface area contributed by atoms with Gasteiger partial charge in [-0.3, -0.25) is 95.9 Å². The van der Waals surface area contributed by atoms with Crippen molar-refractivity contribution < 1.29 is 137 Å². The maximum Gasteiger partial charge on any atom is 0.258 e. The predicted molar refractivity (Wildman–Crippen MR) is 516 cm³/mol. The van der Waals surface area contributed by atoms with Crippen molar-refractivity contribution >= 4 is 179 Å². The highest BCUT2D eigenvalue weighted by Gasteiger charge is 2.48. The molecule has 20 atom stereocenters. The zero-order chi connectivity index (χ0) is 104. The topological polar surface area (TPSA) is 674 Å². The molecule has 2 fully saturated rings. The Labute approximate surface area is 835 Å². The maximum atomic E-state index is 15.0. The van der Waals surface area contributed by atoms with Crippen LogP contribution >= 0.6 is 39.5 Å². The first-order valence-corrected chi connectivity index (χ1v) is 50.5. The van der Waals surface area contributed by atoms with Crippen molar-refractivity contribution in [3.8, 4) is 0 Å². The Balaban J connectivity index is 0.726. The number of amides is 13. The van der Waals surface area contributed by atoms with Crippen LogP contribution in [0.4, 0.5) is 0 Å². The number of unbranched alkanes of at least 4 members (excludes halogenated alkanes) is 2. The van der Waals surface area contributed by atoms with E-state index in [2.05, 4.69) is 84.4 Å². The van der Waals surface area contributed by atoms with Gasteiger partial charge in [0.1, 0.15) is 71.5 Å². The zero-order valence-corrected chi connectivity index (χ0v) is 83.9. The van der Waals surface area contributed by atoms with Gasteiger partial charge in [-0.15, -0.1) is 23.5 Å². The second-order valence-corrected chi connectivity index (χ2v) is 41.5. The van der Waals surface area contributed by atoms with Crippen LogP contribution in [0.15, 0.2) is 56.5 Å². The third-order valence-corrected chi connectivity index (χ3v) is 29.7. The van der Waals surface area contributed by atoms with Gasteiger partial charge >= 0.3 is 0 Å². The summed E-state index contributed by atoms with van der Waals surface area (Å²) in [7, 11) is 0. The number of fused-ring (bicyclic) bond motifs is 10. The lowest BCUT2D eigenvalue weighted by atomic mass is 9.89. The molecule has 142 heavy (non-hydrogen) atoms. The highest BCUT2D eigenvalue weighted by atomic mass is 79.9. The first kappa shape index (κ1) is 113. The van der Waals surface area contributed by atoms with Gasteiger partial charge in [-0.25, -0.2) is 0 Å². The predicted octanol–water partition coefficient (Wildman–Crippen LogP) is -2.04. The molecule has 4 bridgehead atoms. The molecule has 0 saturated carbocycles. The molecule has 6 aliphatic rings. The van der Waals surface area contributed by atoms with Crippen molar-refractivity contribution in [2.75, 3.05) is 50.9 Å². The Morgan fingerprint density at radius 1 is 0.465 bits per heavy atom. The van der Waals surface area contributed by atoms with Gasteiger partial charge in [0.15, 0.2) is 17.3 Å². The minimum absolute atomic E-state index is 0.0338. The minimum atomic E-state index is -2.01. The fraction of sp³-hybridized carbons (Fsp3) is 0.604. The molecule has 46 heteroatoms. The van der Waals surface area contributed by atoms with Crippen molar-refractivity contribution in [2.45, 2.75) is 309 Å². The van der Waals surface area contributed by atoms with Crippen LogP contribution in [-0.4, -0.2) is 331 Å². The van der Waals surface area contributed by atoms with E-state index in [1.807, 2.05) is 0 Å². The number of benzene rings is 2. The molecule has 10 rings (SSSR count). The standard InChI is InChI=1S/C96H130BrN15O28S2/c1-45(80(126)98-24-22-56(117)14-10-12-16-58(119)27-53-19-21-68-64(29-53)66-31-55-33-76(124)47(3)102-88(134)74-35-61(122)40-112(74)94(138)72(42-142-92(66)109-68)107-90(136)79(51(7)116)110-81(127)49(5)103-86(132)70(105-83(55)129)38-96(9,140)44-114)78(97)89(135)99-25-23-57(118)15-11-13-17-59(120)26-52-18-20-67-63(28-52)65-30-54-32-75(123)46(2)101-87(133)73-34-60(121)39-111(73)93(137)71(41-141-91(65)108-67)106-84(130)62(50(6)115)36-77(125)48(4)100-85(131)69(104-82(54)128)37-95(8,139)43-113/h18-21,28-29,46-51,54-55,60-62,69-74,79,108-109,113-116,121-122,139-140H,10-17,22-27,30-44H2,1-9H3,(H,98,126)(H,99,135)(H,100,131)(H,101,133)(H,102,134)(H,103,132)(H,104,128)(H,105,129)(H,106,130)(H,107,136)(H,110,127)/b78-45+/t46-,47-,48-,49-,50?,51?,54+,55+,60+,61+,62+,69-,70-,71+,72+,73-,74-,79+,95+,96+/m0/s1. The third kappa shape index (κ3) is 30.5. The average Bonchev–Trinajstić information content (AvgIpc) is 1.61. The van der Waals surface area contributed by atoms with E-state index >= 15 is 0 Å². The number of Topliss-reactive ketones (excluding diaryl/α,β-unsaturated/α-hetero) is 7. The molecule has 2 aromatic carbocycles. The number of hydrogen-bond acceptors (Lipinski definition) is 30. The monoisotopic (exact) mass is 2080 g/mol. The first-order chi connectivity index (χ1) is 66.9. The molecule has 0 spiro atoms. The highest BCUT2D eigenvalue weighted by molar-refractivity contribution is 9.12.